The van der Waals surface area contributed by atoms with Crippen LogP contribution < -0.4 is 10.6 Å². The monoisotopic (exact) mass is 335 g/mol. The second-order valence-corrected chi connectivity index (χ2v) is 5.92. The number of aryl methyl sites for hydroxylation is 2. The van der Waals surface area contributed by atoms with Crippen molar-refractivity contribution in [3.05, 3.63) is 47.3 Å². The van der Waals surface area contributed by atoms with Crippen LogP contribution in [0.4, 0.5) is 19.3 Å². The van der Waals surface area contributed by atoms with Crippen molar-refractivity contribution >= 4 is 11.7 Å². The Labute approximate surface area is 138 Å². The van der Waals surface area contributed by atoms with Crippen LogP contribution in [0.1, 0.15) is 29.9 Å². The fourth-order valence-corrected chi connectivity index (χ4v) is 2.94. The van der Waals surface area contributed by atoms with Crippen molar-refractivity contribution in [2.75, 3.05) is 11.9 Å². The third kappa shape index (κ3) is 2.98. The van der Waals surface area contributed by atoms with Crippen LogP contribution >= 0.6 is 0 Å². The lowest BCUT2D eigenvalue weighted by Crippen LogP contribution is -2.31. The number of anilines is 1. The first-order valence-corrected chi connectivity index (χ1v) is 7.87. The summed E-state index contributed by atoms with van der Waals surface area (Å²) < 4.78 is 33.0. The summed E-state index contributed by atoms with van der Waals surface area (Å²) in [5.74, 6) is -3.97. The summed E-state index contributed by atoms with van der Waals surface area (Å²) in [5, 5.41) is 8.93. The molecule has 0 radical (unpaired) electrons. The standard InChI is InChI=1S/C17H19F2N3O2/c1-3-13-15(10(2)22-24-13)21-16(23)20-9-12-14(17(12,18)19)11-7-5-4-6-8-11/h4-8,12,14H,3,9H2,1-2H3,(H2,20,21,23)/t12-,14-/m1/s1. The molecular formula is C17H19F2N3O2. The van der Waals surface area contributed by atoms with E-state index in [1.807, 2.05) is 6.92 Å². The van der Waals surface area contributed by atoms with E-state index < -0.39 is 23.8 Å². The lowest BCUT2D eigenvalue weighted by molar-refractivity contribution is 0.0936. The molecule has 2 atom stereocenters. The smallest absolute Gasteiger partial charge is 0.319 e. The zero-order valence-electron chi connectivity index (χ0n) is 13.5. The number of carbonyl (C=O) groups is 1. The van der Waals surface area contributed by atoms with Crippen LogP contribution in [0.2, 0.25) is 0 Å². The Kier molecular flexibility index (Phi) is 4.26. The van der Waals surface area contributed by atoms with Crippen LogP contribution in [0.15, 0.2) is 34.9 Å². The van der Waals surface area contributed by atoms with E-state index in [0.717, 1.165) is 0 Å². The van der Waals surface area contributed by atoms with E-state index in [1.165, 1.54) is 0 Å². The number of urea groups is 1. The fraction of sp³-hybridized carbons (Fsp3) is 0.412. The highest BCUT2D eigenvalue weighted by Gasteiger charge is 2.68. The molecule has 7 heteroatoms. The van der Waals surface area contributed by atoms with Gasteiger partial charge in [0, 0.05) is 13.0 Å². The van der Waals surface area contributed by atoms with Crippen molar-refractivity contribution in [3.8, 4) is 0 Å². The number of nitrogens with zero attached hydrogens (tertiary/aromatic N) is 1. The molecule has 1 heterocycles. The zero-order valence-corrected chi connectivity index (χ0v) is 13.5. The van der Waals surface area contributed by atoms with Gasteiger partial charge in [-0.25, -0.2) is 13.6 Å². The Bertz CT molecular complexity index is 731. The molecule has 0 saturated heterocycles. The number of halogens is 2. The molecule has 0 unspecified atom stereocenters. The predicted octanol–water partition coefficient (Wildman–Crippen LogP) is 3.72. The molecule has 1 aromatic carbocycles. The van der Waals surface area contributed by atoms with Gasteiger partial charge in [-0.15, -0.1) is 0 Å². The van der Waals surface area contributed by atoms with Gasteiger partial charge in [0.1, 0.15) is 11.4 Å². The Balaban J connectivity index is 1.58. The molecule has 0 aliphatic heterocycles. The SMILES string of the molecule is CCc1onc(C)c1NC(=O)NC[C@@H]1[C@@H](c2ccccc2)C1(F)F. The summed E-state index contributed by atoms with van der Waals surface area (Å²) >= 11 is 0. The lowest BCUT2D eigenvalue weighted by Gasteiger charge is -2.07. The summed E-state index contributed by atoms with van der Waals surface area (Å²) in [6.07, 6.45) is 0.577. The summed E-state index contributed by atoms with van der Waals surface area (Å²) in [6.45, 7) is 3.49. The lowest BCUT2D eigenvalue weighted by atomic mass is 10.1. The van der Waals surface area contributed by atoms with E-state index in [-0.39, 0.29) is 6.54 Å². The van der Waals surface area contributed by atoms with Crippen LogP contribution in [0.25, 0.3) is 0 Å². The molecule has 3 rings (SSSR count). The minimum absolute atomic E-state index is 0.0931. The van der Waals surface area contributed by atoms with E-state index in [1.54, 1.807) is 37.3 Å². The van der Waals surface area contributed by atoms with Crippen LogP contribution in [-0.4, -0.2) is 23.7 Å². The zero-order chi connectivity index (χ0) is 17.3. The van der Waals surface area contributed by atoms with Gasteiger partial charge < -0.3 is 15.2 Å². The highest BCUT2D eigenvalue weighted by atomic mass is 19.3. The average Bonchev–Trinajstić information content (AvgIpc) is 2.94. The number of aromatic nitrogens is 1. The maximum Gasteiger partial charge on any atom is 0.319 e. The topological polar surface area (TPSA) is 67.2 Å². The normalized spacial score (nSPS) is 21.3. The summed E-state index contributed by atoms with van der Waals surface area (Å²) in [7, 11) is 0. The van der Waals surface area contributed by atoms with Crippen LogP contribution in [0.3, 0.4) is 0 Å². The second kappa shape index (κ2) is 6.22. The third-order valence-electron chi connectivity index (χ3n) is 4.34. The molecule has 24 heavy (non-hydrogen) atoms. The molecule has 1 aromatic heterocycles. The van der Waals surface area contributed by atoms with Gasteiger partial charge in [0.05, 0.1) is 11.8 Å². The third-order valence-corrected chi connectivity index (χ3v) is 4.34. The van der Waals surface area contributed by atoms with E-state index >= 15 is 0 Å². The van der Waals surface area contributed by atoms with Gasteiger partial charge >= 0.3 is 6.03 Å². The number of alkyl halides is 2. The minimum Gasteiger partial charge on any atom is -0.359 e. The van der Waals surface area contributed by atoms with Crippen molar-refractivity contribution in [1.29, 1.82) is 0 Å². The Morgan fingerprint density at radius 2 is 2.04 bits per heavy atom. The van der Waals surface area contributed by atoms with Gasteiger partial charge in [-0.1, -0.05) is 42.4 Å². The number of benzene rings is 1. The average molecular weight is 335 g/mol. The number of nitrogens with one attached hydrogen (secondary N) is 2. The largest absolute Gasteiger partial charge is 0.359 e. The number of hydrogen-bond acceptors (Lipinski definition) is 3. The fourth-order valence-electron chi connectivity index (χ4n) is 2.94. The van der Waals surface area contributed by atoms with Gasteiger partial charge in [-0.05, 0) is 12.5 Å². The molecule has 128 valence electrons. The maximum atomic E-state index is 14.0. The minimum atomic E-state index is -2.80. The molecule has 2 amide bonds. The van der Waals surface area contributed by atoms with Crippen molar-refractivity contribution in [1.82, 2.24) is 10.5 Å². The maximum absolute atomic E-state index is 14.0. The first kappa shape index (κ1) is 16.4. The second-order valence-electron chi connectivity index (χ2n) is 5.92. The van der Waals surface area contributed by atoms with Gasteiger partial charge in [0.25, 0.3) is 5.92 Å². The first-order valence-electron chi connectivity index (χ1n) is 7.87. The molecule has 0 spiro atoms. The van der Waals surface area contributed by atoms with Gasteiger partial charge in [-0.2, -0.15) is 0 Å². The molecule has 0 bridgehead atoms. The quantitative estimate of drug-likeness (QED) is 0.875. The van der Waals surface area contributed by atoms with Crippen LogP contribution in [0.5, 0.6) is 0 Å². The molecule has 1 saturated carbocycles. The Hall–Kier alpha value is -2.44. The molecule has 1 aliphatic carbocycles. The number of carbonyl (C=O) groups excluding carboxylic acids is 1. The van der Waals surface area contributed by atoms with E-state index in [4.69, 9.17) is 4.52 Å². The van der Waals surface area contributed by atoms with Crippen molar-refractivity contribution in [3.63, 3.8) is 0 Å². The highest BCUT2D eigenvalue weighted by Crippen LogP contribution is 2.61. The molecule has 2 aromatic rings. The summed E-state index contributed by atoms with van der Waals surface area (Å²) in [6, 6.07) is 8.10. The summed E-state index contributed by atoms with van der Waals surface area (Å²) in [4.78, 5) is 12.0. The predicted molar refractivity (Wildman–Crippen MR) is 85.3 cm³/mol. The molecular weight excluding hydrogens is 316 g/mol. The van der Waals surface area contributed by atoms with E-state index in [9.17, 15) is 13.6 Å². The summed E-state index contributed by atoms with van der Waals surface area (Å²) in [5.41, 5.74) is 1.65. The first-order chi connectivity index (χ1) is 11.4. The number of amides is 2. The van der Waals surface area contributed by atoms with Crippen molar-refractivity contribution in [2.24, 2.45) is 5.92 Å². The molecule has 5 nitrogen and oxygen atoms in total. The van der Waals surface area contributed by atoms with E-state index in [0.29, 0.717) is 29.1 Å². The van der Waals surface area contributed by atoms with Gasteiger partial charge in [0.2, 0.25) is 0 Å². The highest BCUT2D eigenvalue weighted by molar-refractivity contribution is 5.90. The Morgan fingerprint density at radius 1 is 1.33 bits per heavy atom. The van der Waals surface area contributed by atoms with Crippen LogP contribution in [0, 0.1) is 12.8 Å². The molecule has 1 aliphatic rings. The van der Waals surface area contributed by atoms with Crippen molar-refractivity contribution in [2.45, 2.75) is 32.1 Å². The Morgan fingerprint density at radius 3 is 2.71 bits per heavy atom. The number of hydrogen-bond donors (Lipinski definition) is 2. The van der Waals surface area contributed by atoms with Gasteiger partial charge in [-0.3, -0.25) is 0 Å². The van der Waals surface area contributed by atoms with Crippen molar-refractivity contribution < 1.29 is 18.1 Å². The molecule has 1 fully saturated rings. The van der Waals surface area contributed by atoms with Gasteiger partial charge in [0.15, 0.2) is 5.76 Å². The number of rotatable bonds is 5. The van der Waals surface area contributed by atoms with Crippen LogP contribution in [-0.2, 0) is 6.42 Å². The van der Waals surface area contributed by atoms with E-state index in [2.05, 4.69) is 15.8 Å². The molecule has 2 N–H and O–H groups in total.